The van der Waals surface area contributed by atoms with Gasteiger partial charge < -0.3 is 11.5 Å². The van der Waals surface area contributed by atoms with Crippen molar-refractivity contribution >= 4 is 11.4 Å². The summed E-state index contributed by atoms with van der Waals surface area (Å²) in [4.78, 5) is 0. The van der Waals surface area contributed by atoms with E-state index in [0.29, 0.717) is 11.8 Å². The molecule has 0 saturated heterocycles. The fraction of sp³-hybridized carbons (Fsp3) is 0.368. The van der Waals surface area contributed by atoms with Crippen LogP contribution in [-0.2, 0) is 5.41 Å². The van der Waals surface area contributed by atoms with Crippen LogP contribution in [0.25, 0.3) is 0 Å². The molecule has 0 heterocycles. The van der Waals surface area contributed by atoms with Gasteiger partial charge in [0.2, 0.25) is 0 Å². The van der Waals surface area contributed by atoms with Crippen molar-refractivity contribution in [3.63, 3.8) is 0 Å². The van der Waals surface area contributed by atoms with E-state index in [-0.39, 0.29) is 5.41 Å². The van der Waals surface area contributed by atoms with Crippen LogP contribution in [0.1, 0.15) is 111 Å². The van der Waals surface area contributed by atoms with Crippen molar-refractivity contribution in [1.82, 2.24) is 0 Å². The minimum absolute atomic E-state index is 0.0779. The second-order valence-electron chi connectivity index (χ2n) is 11.9. The predicted molar refractivity (Wildman–Crippen MR) is 172 cm³/mol. The monoisotopic (exact) mass is 530 g/mol. The number of hydrogen-bond acceptors (Lipinski definition) is 2. The molecular formula is C38H46N2. The van der Waals surface area contributed by atoms with E-state index >= 15 is 0 Å². The van der Waals surface area contributed by atoms with Crippen LogP contribution in [0.15, 0.2) is 97.1 Å². The Morgan fingerprint density at radius 2 is 0.875 bits per heavy atom. The molecule has 5 rings (SSSR count). The molecule has 0 aromatic heterocycles. The first kappa shape index (κ1) is 28.0. The quantitative estimate of drug-likeness (QED) is 0.212. The van der Waals surface area contributed by atoms with Gasteiger partial charge in [-0.15, -0.1) is 0 Å². The lowest BCUT2D eigenvalue weighted by Crippen LogP contribution is -2.33. The van der Waals surface area contributed by atoms with Crippen LogP contribution in [0.3, 0.4) is 0 Å². The highest BCUT2D eigenvalue weighted by molar-refractivity contribution is 5.47. The lowest BCUT2D eigenvalue weighted by molar-refractivity contribution is 0.260. The van der Waals surface area contributed by atoms with Gasteiger partial charge in [-0.1, -0.05) is 100.0 Å². The molecule has 0 spiro atoms. The van der Waals surface area contributed by atoms with Crippen molar-refractivity contribution in [3.8, 4) is 0 Å². The van der Waals surface area contributed by atoms with Gasteiger partial charge in [0, 0.05) is 28.6 Å². The van der Waals surface area contributed by atoms with Gasteiger partial charge in [-0.25, -0.2) is 0 Å². The molecule has 4 aromatic rings. The molecule has 1 aliphatic carbocycles. The maximum Gasteiger partial charge on any atom is 0.0314 e. The van der Waals surface area contributed by atoms with Gasteiger partial charge in [0.25, 0.3) is 0 Å². The lowest BCUT2D eigenvalue weighted by atomic mass is 9.62. The van der Waals surface area contributed by atoms with Crippen LogP contribution >= 0.6 is 0 Å². The van der Waals surface area contributed by atoms with Gasteiger partial charge in [0.15, 0.2) is 0 Å². The van der Waals surface area contributed by atoms with Crippen molar-refractivity contribution in [1.29, 1.82) is 0 Å². The van der Waals surface area contributed by atoms with Gasteiger partial charge in [0.05, 0.1) is 0 Å². The van der Waals surface area contributed by atoms with Crippen molar-refractivity contribution in [2.75, 3.05) is 11.5 Å². The second kappa shape index (κ2) is 12.3. The van der Waals surface area contributed by atoms with Gasteiger partial charge >= 0.3 is 0 Å². The summed E-state index contributed by atoms with van der Waals surface area (Å²) >= 11 is 0. The van der Waals surface area contributed by atoms with E-state index in [1.54, 1.807) is 0 Å². The maximum absolute atomic E-state index is 5.96. The maximum atomic E-state index is 5.96. The molecule has 40 heavy (non-hydrogen) atoms. The molecule has 2 heteroatoms. The highest BCUT2D eigenvalue weighted by Crippen LogP contribution is 2.48. The summed E-state index contributed by atoms with van der Waals surface area (Å²) in [5, 5.41) is 0. The first-order valence-corrected chi connectivity index (χ1v) is 15.4. The molecule has 0 radical (unpaired) electrons. The third kappa shape index (κ3) is 5.68. The third-order valence-electron chi connectivity index (χ3n) is 9.76. The van der Waals surface area contributed by atoms with Crippen molar-refractivity contribution in [3.05, 3.63) is 130 Å². The van der Waals surface area contributed by atoms with Crippen LogP contribution in [0.2, 0.25) is 0 Å². The highest BCUT2D eigenvalue weighted by atomic mass is 14.5. The zero-order valence-corrected chi connectivity index (χ0v) is 24.6. The summed E-state index contributed by atoms with van der Waals surface area (Å²) in [6.07, 6.45) is 8.45. The molecule has 1 aliphatic rings. The van der Waals surface area contributed by atoms with Gasteiger partial charge in [0.1, 0.15) is 0 Å². The molecule has 2 unspecified atom stereocenters. The average Bonchev–Trinajstić information content (AvgIpc) is 3.00. The molecule has 0 bridgehead atoms. The molecule has 208 valence electrons. The van der Waals surface area contributed by atoms with Crippen molar-refractivity contribution in [2.24, 2.45) is 5.92 Å². The number of benzene rings is 4. The average molecular weight is 531 g/mol. The Balaban J connectivity index is 1.46. The molecule has 0 aliphatic heterocycles. The van der Waals surface area contributed by atoms with Crippen LogP contribution in [0.5, 0.6) is 0 Å². The van der Waals surface area contributed by atoms with E-state index in [0.717, 1.165) is 30.1 Å². The second-order valence-corrected chi connectivity index (χ2v) is 11.9. The lowest BCUT2D eigenvalue weighted by Gasteiger charge is -2.41. The first-order valence-electron chi connectivity index (χ1n) is 15.4. The Kier molecular flexibility index (Phi) is 8.64. The van der Waals surface area contributed by atoms with Crippen molar-refractivity contribution in [2.45, 2.75) is 83.0 Å². The first-order chi connectivity index (χ1) is 19.5. The Labute approximate surface area is 241 Å². The Hall–Kier alpha value is -3.52. The number of anilines is 2. The van der Waals surface area contributed by atoms with E-state index < -0.39 is 0 Å². The summed E-state index contributed by atoms with van der Waals surface area (Å²) in [7, 11) is 0. The summed E-state index contributed by atoms with van der Waals surface area (Å²) in [5.74, 6) is 1.62. The highest BCUT2D eigenvalue weighted by Gasteiger charge is 2.38. The number of rotatable bonds is 9. The minimum atomic E-state index is 0.0779. The van der Waals surface area contributed by atoms with E-state index in [4.69, 9.17) is 11.5 Å². The molecular weight excluding hydrogens is 484 g/mol. The van der Waals surface area contributed by atoms with Gasteiger partial charge in [-0.3, -0.25) is 0 Å². The smallest absolute Gasteiger partial charge is 0.0314 e. The van der Waals surface area contributed by atoms with Crippen LogP contribution in [0.4, 0.5) is 11.4 Å². The number of hydrogen-bond donors (Lipinski definition) is 2. The zero-order valence-electron chi connectivity index (χ0n) is 24.6. The Morgan fingerprint density at radius 1 is 0.550 bits per heavy atom. The zero-order chi connectivity index (χ0) is 28.1. The largest absolute Gasteiger partial charge is 0.399 e. The normalized spacial score (nSPS) is 20.6. The number of nitrogen functional groups attached to an aromatic ring is 2. The number of nitrogens with two attached hydrogens (primary N) is 2. The molecule has 1 fully saturated rings. The predicted octanol–water partition coefficient (Wildman–Crippen LogP) is 9.82. The molecule has 1 saturated carbocycles. The van der Waals surface area contributed by atoms with E-state index in [1.165, 1.54) is 65.5 Å². The minimum Gasteiger partial charge on any atom is -0.399 e. The Morgan fingerprint density at radius 3 is 1.18 bits per heavy atom. The SMILES string of the molecule is CCC1CCC(c2ccc(C(CC)c3ccc(N)cc3)cc2)(c2ccc(C(CC)c3ccc(N)cc3)cc2)CC1. The fourth-order valence-electron chi connectivity index (χ4n) is 7.18. The van der Waals surface area contributed by atoms with Crippen LogP contribution in [0, 0.1) is 5.92 Å². The summed E-state index contributed by atoms with van der Waals surface area (Å²) in [6, 6.07) is 36.1. The molecule has 2 atom stereocenters. The van der Waals surface area contributed by atoms with Gasteiger partial charge in [-0.2, -0.15) is 0 Å². The van der Waals surface area contributed by atoms with Gasteiger partial charge in [-0.05, 0) is 102 Å². The molecule has 2 nitrogen and oxygen atoms in total. The molecule has 4 aromatic carbocycles. The third-order valence-corrected chi connectivity index (χ3v) is 9.76. The standard InChI is InChI=1S/C38H46N2/c1-4-27-23-25-38(26-24-27,32-15-7-28(8-16-32)36(5-2)30-11-19-34(39)20-12-30)33-17-9-29(10-18-33)37(6-3)31-13-21-35(40)22-14-31/h7-22,27,36-37H,4-6,23-26,39-40H2,1-3H3. The van der Waals surface area contributed by atoms with Crippen molar-refractivity contribution < 1.29 is 0 Å². The molecule has 4 N–H and O–H groups in total. The molecule has 0 amide bonds. The van der Waals surface area contributed by atoms with E-state index in [9.17, 15) is 0 Å². The van der Waals surface area contributed by atoms with E-state index in [2.05, 4.69) is 93.6 Å². The van der Waals surface area contributed by atoms with Crippen LogP contribution < -0.4 is 11.5 Å². The van der Waals surface area contributed by atoms with E-state index in [1.807, 2.05) is 24.3 Å². The summed E-state index contributed by atoms with van der Waals surface area (Å²) in [5.41, 5.74) is 22.0. The summed E-state index contributed by atoms with van der Waals surface area (Å²) < 4.78 is 0. The summed E-state index contributed by atoms with van der Waals surface area (Å²) in [6.45, 7) is 6.90. The van der Waals surface area contributed by atoms with Crippen LogP contribution in [-0.4, -0.2) is 0 Å². The fourth-order valence-corrected chi connectivity index (χ4v) is 7.18. The topological polar surface area (TPSA) is 52.0 Å². The Bertz CT molecular complexity index is 1240.